The van der Waals surface area contributed by atoms with Crippen molar-refractivity contribution in [1.82, 2.24) is 20.1 Å². The summed E-state index contributed by atoms with van der Waals surface area (Å²) in [6.45, 7) is 6.47. The van der Waals surface area contributed by atoms with Crippen molar-refractivity contribution < 1.29 is 4.74 Å². The minimum Gasteiger partial charge on any atom is -0.383 e. The fourth-order valence-electron chi connectivity index (χ4n) is 1.21. The zero-order valence-electron chi connectivity index (χ0n) is 9.03. The predicted octanol–water partition coefficient (Wildman–Crippen LogP) is 0.595. The molecule has 80 valence electrons. The van der Waals surface area contributed by atoms with Crippen LogP contribution in [0, 0.1) is 0 Å². The molecule has 0 unspecified atom stereocenters. The zero-order valence-corrected chi connectivity index (χ0v) is 9.03. The lowest BCUT2D eigenvalue weighted by Gasteiger charge is -2.09. The van der Waals surface area contributed by atoms with Crippen LogP contribution < -0.4 is 5.32 Å². The Hall–Kier alpha value is -0.940. The highest BCUT2D eigenvalue weighted by atomic mass is 16.5. The highest BCUT2D eigenvalue weighted by Gasteiger charge is 2.05. The lowest BCUT2D eigenvalue weighted by molar-refractivity contribution is 0.198. The lowest BCUT2D eigenvalue weighted by atomic mass is 10.4. The van der Waals surface area contributed by atoms with Crippen LogP contribution in [0.2, 0.25) is 0 Å². The molecular weight excluding hydrogens is 180 g/mol. The molecule has 0 radical (unpaired) electrons. The average Bonchev–Trinajstić information content (AvgIpc) is 2.60. The third-order valence-corrected chi connectivity index (χ3v) is 1.90. The molecule has 1 rings (SSSR count). The number of nitrogens with one attached hydrogen (secondary N) is 1. The minimum absolute atomic E-state index is 0.358. The molecule has 14 heavy (non-hydrogen) atoms. The Labute approximate surface area is 84.5 Å². The first kappa shape index (κ1) is 11.1. The summed E-state index contributed by atoms with van der Waals surface area (Å²) < 4.78 is 6.85. The molecule has 0 aliphatic carbocycles. The first-order chi connectivity index (χ1) is 6.75. The number of hydrogen-bond donors (Lipinski definition) is 1. The SMILES string of the molecule is COCCNCc1ncnn1C(C)C. The summed E-state index contributed by atoms with van der Waals surface area (Å²) in [7, 11) is 1.69. The third-order valence-electron chi connectivity index (χ3n) is 1.90. The Kier molecular flexibility index (Phi) is 4.55. The molecule has 0 aliphatic rings. The molecule has 1 aromatic rings. The van der Waals surface area contributed by atoms with Gasteiger partial charge in [-0.05, 0) is 13.8 Å². The van der Waals surface area contributed by atoms with Crippen LogP contribution in [0.5, 0.6) is 0 Å². The maximum atomic E-state index is 4.93. The smallest absolute Gasteiger partial charge is 0.141 e. The summed E-state index contributed by atoms with van der Waals surface area (Å²) in [4.78, 5) is 4.18. The maximum absolute atomic E-state index is 4.93. The first-order valence-corrected chi connectivity index (χ1v) is 4.83. The van der Waals surface area contributed by atoms with E-state index in [0.29, 0.717) is 6.04 Å². The second-order valence-electron chi connectivity index (χ2n) is 3.38. The Morgan fingerprint density at radius 2 is 2.36 bits per heavy atom. The molecule has 5 heteroatoms. The van der Waals surface area contributed by atoms with Gasteiger partial charge in [-0.3, -0.25) is 0 Å². The predicted molar refractivity (Wildman–Crippen MR) is 54.0 cm³/mol. The number of hydrogen-bond acceptors (Lipinski definition) is 4. The maximum Gasteiger partial charge on any atom is 0.141 e. The summed E-state index contributed by atoms with van der Waals surface area (Å²) >= 11 is 0. The van der Waals surface area contributed by atoms with E-state index in [2.05, 4.69) is 29.2 Å². The van der Waals surface area contributed by atoms with Crippen LogP contribution in [-0.2, 0) is 11.3 Å². The van der Waals surface area contributed by atoms with Crippen LogP contribution >= 0.6 is 0 Å². The van der Waals surface area contributed by atoms with Gasteiger partial charge in [-0.25, -0.2) is 9.67 Å². The molecular formula is C9H18N4O. The number of aromatic nitrogens is 3. The second-order valence-corrected chi connectivity index (χ2v) is 3.38. The first-order valence-electron chi connectivity index (χ1n) is 4.83. The molecule has 0 amide bonds. The fraction of sp³-hybridized carbons (Fsp3) is 0.778. The zero-order chi connectivity index (χ0) is 10.4. The standard InChI is InChI=1S/C9H18N4O/c1-8(2)13-9(11-7-12-13)6-10-4-5-14-3/h7-8,10H,4-6H2,1-3H3. The molecule has 0 fully saturated rings. The number of ether oxygens (including phenoxy) is 1. The molecule has 5 nitrogen and oxygen atoms in total. The largest absolute Gasteiger partial charge is 0.383 e. The van der Waals surface area contributed by atoms with Crippen LogP contribution in [0.25, 0.3) is 0 Å². The molecule has 1 heterocycles. The molecule has 0 saturated heterocycles. The van der Waals surface area contributed by atoms with Gasteiger partial charge in [0.15, 0.2) is 0 Å². The van der Waals surface area contributed by atoms with E-state index in [-0.39, 0.29) is 0 Å². The van der Waals surface area contributed by atoms with Gasteiger partial charge in [0.1, 0.15) is 12.2 Å². The minimum atomic E-state index is 0.358. The Balaban J connectivity index is 2.38. The fourth-order valence-corrected chi connectivity index (χ4v) is 1.21. The van der Waals surface area contributed by atoms with Crippen molar-refractivity contribution in [2.45, 2.75) is 26.4 Å². The van der Waals surface area contributed by atoms with Crippen LogP contribution in [0.1, 0.15) is 25.7 Å². The number of nitrogens with zero attached hydrogens (tertiary/aromatic N) is 3. The molecule has 1 aromatic heterocycles. The van der Waals surface area contributed by atoms with Crippen LogP contribution in [0.15, 0.2) is 6.33 Å². The average molecular weight is 198 g/mol. The van der Waals surface area contributed by atoms with E-state index in [1.165, 1.54) is 0 Å². The van der Waals surface area contributed by atoms with Gasteiger partial charge < -0.3 is 10.1 Å². The highest BCUT2D eigenvalue weighted by molar-refractivity contribution is 4.85. The number of methoxy groups -OCH3 is 1. The quantitative estimate of drug-likeness (QED) is 0.680. The summed E-state index contributed by atoms with van der Waals surface area (Å²) in [5, 5.41) is 7.38. The van der Waals surface area contributed by atoms with Gasteiger partial charge in [0.25, 0.3) is 0 Å². The van der Waals surface area contributed by atoms with Crippen molar-refractivity contribution in [2.75, 3.05) is 20.3 Å². The number of rotatable bonds is 6. The van der Waals surface area contributed by atoms with Crippen molar-refractivity contribution in [3.63, 3.8) is 0 Å². The monoisotopic (exact) mass is 198 g/mol. The van der Waals surface area contributed by atoms with Crippen LogP contribution in [0.3, 0.4) is 0 Å². The molecule has 0 spiro atoms. The van der Waals surface area contributed by atoms with Crippen molar-refractivity contribution in [3.05, 3.63) is 12.2 Å². The van der Waals surface area contributed by atoms with E-state index in [4.69, 9.17) is 4.74 Å². The van der Waals surface area contributed by atoms with Gasteiger partial charge >= 0.3 is 0 Å². The van der Waals surface area contributed by atoms with Crippen molar-refractivity contribution >= 4 is 0 Å². The van der Waals surface area contributed by atoms with E-state index in [9.17, 15) is 0 Å². The summed E-state index contributed by atoms with van der Waals surface area (Å²) in [5.41, 5.74) is 0. The van der Waals surface area contributed by atoms with Crippen molar-refractivity contribution in [1.29, 1.82) is 0 Å². The Bertz CT molecular complexity index is 259. The molecule has 0 atom stereocenters. The topological polar surface area (TPSA) is 52.0 Å². The second kappa shape index (κ2) is 5.72. The van der Waals surface area contributed by atoms with Gasteiger partial charge in [-0.1, -0.05) is 0 Å². The van der Waals surface area contributed by atoms with Crippen LogP contribution in [0.4, 0.5) is 0 Å². The summed E-state index contributed by atoms with van der Waals surface area (Å²) in [6.07, 6.45) is 1.59. The van der Waals surface area contributed by atoms with E-state index in [0.717, 1.165) is 25.5 Å². The van der Waals surface area contributed by atoms with Gasteiger partial charge in [0.2, 0.25) is 0 Å². The van der Waals surface area contributed by atoms with E-state index < -0.39 is 0 Å². The third kappa shape index (κ3) is 3.08. The van der Waals surface area contributed by atoms with Gasteiger partial charge in [-0.2, -0.15) is 5.10 Å². The van der Waals surface area contributed by atoms with E-state index in [1.807, 2.05) is 4.68 Å². The molecule has 0 saturated carbocycles. The van der Waals surface area contributed by atoms with Gasteiger partial charge in [0, 0.05) is 19.7 Å². The Morgan fingerprint density at radius 3 is 3.00 bits per heavy atom. The van der Waals surface area contributed by atoms with Crippen molar-refractivity contribution in [2.24, 2.45) is 0 Å². The van der Waals surface area contributed by atoms with Gasteiger partial charge in [0.05, 0.1) is 13.2 Å². The van der Waals surface area contributed by atoms with Crippen LogP contribution in [-0.4, -0.2) is 35.0 Å². The van der Waals surface area contributed by atoms with Crippen molar-refractivity contribution in [3.8, 4) is 0 Å². The summed E-state index contributed by atoms with van der Waals surface area (Å²) in [5.74, 6) is 0.969. The molecule has 0 aliphatic heterocycles. The molecule has 0 bridgehead atoms. The van der Waals surface area contributed by atoms with Gasteiger partial charge in [-0.15, -0.1) is 0 Å². The molecule has 1 N–H and O–H groups in total. The molecule has 0 aromatic carbocycles. The van der Waals surface area contributed by atoms with E-state index >= 15 is 0 Å². The normalized spacial score (nSPS) is 11.1. The summed E-state index contributed by atoms with van der Waals surface area (Å²) in [6, 6.07) is 0.358. The Morgan fingerprint density at radius 1 is 1.57 bits per heavy atom. The highest BCUT2D eigenvalue weighted by Crippen LogP contribution is 2.04. The van der Waals surface area contributed by atoms with E-state index in [1.54, 1.807) is 13.4 Å². The lowest BCUT2D eigenvalue weighted by Crippen LogP contribution is -2.22.